The molecule has 3 aromatic rings. The fraction of sp³-hybridized carbons (Fsp3) is 0.200. The summed E-state index contributed by atoms with van der Waals surface area (Å²) in [6, 6.07) is 14.3. The van der Waals surface area contributed by atoms with Crippen molar-refractivity contribution in [3.05, 3.63) is 77.4 Å². The average Bonchev–Trinajstić information content (AvgIpc) is 3.27. The molecule has 2 aromatic carbocycles. The number of nitrogens with zero attached hydrogens (tertiary/aromatic N) is 2. The summed E-state index contributed by atoms with van der Waals surface area (Å²) in [7, 11) is 0. The van der Waals surface area contributed by atoms with Crippen molar-refractivity contribution in [1.82, 2.24) is 14.9 Å². The maximum Gasteiger partial charge on any atom is 0.270 e. The van der Waals surface area contributed by atoms with Gasteiger partial charge in [0.2, 0.25) is 0 Å². The van der Waals surface area contributed by atoms with Crippen LogP contribution in [0.3, 0.4) is 0 Å². The molecule has 1 heterocycles. The average molecular weight is 367 g/mol. The first-order valence-corrected chi connectivity index (χ1v) is 9.66. The highest BCUT2D eigenvalue weighted by Crippen LogP contribution is 2.31. The number of fused-ring (bicyclic) bond motifs is 1. The minimum Gasteiger partial charge on any atom is -0.344 e. The van der Waals surface area contributed by atoms with Crippen LogP contribution < -0.4 is 5.32 Å². The molecule has 0 saturated heterocycles. The molecule has 4 nitrogen and oxygen atoms in total. The molecule has 0 fully saturated rings. The second-order valence-electron chi connectivity index (χ2n) is 6.21. The van der Waals surface area contributed by atoms with Gasteiger partial charge in [0.05, 0.1) is 12.2 Å². The summed E-state index contributed by atoms with van der Waals surface area (Å²) in [5.74, 6) is -0.489. The van der Waals surface area contributed by atoms with Crippen LogP contribution >= 0.6 is 11.8 Å². The van der Waals surface area contributed by atoms with Crippen molar-refractivity contribution in [2.45, 2.75) is 24.0 Å². The number of aromatic nitrogens is 2. The van der Waals surface area contributed by atoms with Gasteiger partial charge in [0.1, 0.15) is 11.5 Å². The Bertz CT molecular complexity index is 952. The third-order valence-corrected chi connectivity index (χ3v) is 5.32. The Balaban J connectivity index is 1.65. The fourth-order valence-electron chi connectivity index (χ4n) is 3.42. The van der Waals surface area contributed by atoms with Crippen LogP contribution in [0.2, 0.25) is 0 Å². The van der Waals surface area contributed by atoms with Crippen molar-refractivity contribution in [2.75, 3.05) is 6.26 Å². The topological polar surface area (TPSA) is 46.9 Å². The molecule has 0 radical (unpaired) electrons. The lowest BCUT2D eigenvalue weighted by atomic mass is 10.1. The quantitative estimate of drug-likeness (QED) is 0.705. The highest BCUT2D eigenvalue weighted by atomic mass is 32.2. The molecule has 1 N–H and O–H groups in total. The Hall–Kier alpha value is -2.60. The molecule has 1 unspecified atom stereocenters. The second-order valence-corrected chi connectivity index (χ2v) is 6.98. The molecule has 0 spiro atoms. The Kier molecular flexibility index (Phi) is 4.51. The Morgan fingerprint density at radius 1 is 1.23 bits per heavy atom. The summed E-state index contributed by atoms with van der Waals surface area (Å²) in [6.45, 7) is 0. The van der Waals surface area contributed by atoms with E-state index in [0.29, 0.717) is 16.5 Å². The van der Waals surface area contributed by atoms with Gasteiger partial charge in [-0.2, -0.15) is 0 Å². The van der Waals surface area contributed by atoms with Gasteiger partial charge in [0, 0.05) is 5.69 Å². The summed E-state index contributed by atoms with van der Waals surface area (Å²) in [6.07, 6.45) is 5.34. The summed E-state index contributed by atoms with van der Waals surface area (Å²) in [4.78, 5) is 17.3. The maximum absolute atomic E-state index is 13.3. The summed E-state index contributed by atoms with van der Waals surface area (Å²) in [5.41, 5.74) is 3.63. The molecule has 1 aromatic heterocycles. The number of benzene rings is 2. The molecule has 0 saturated carbocycles. The van der Waals surface area contributed by atoms with Crippen molar-refractivity contribution in [3.8, 4) is 5.69 Å². The van der Waals surface area contributed by atoms with E-state index >= 15 is 0 Å². The van der Waals surface area contributed by atoms with Crippen LogP contribution in [-0.4, -0.2) is 21.7 Å². The molecule has 1 atom stereocenters. The number of hydrogen-bond donors (Lipinski definition) is 1. The SMILES string of the molecule is CSc1ncc(C(=O)NC2CCc3ccccc32)n1-c1ccc(F)cc1. The number of carbonyl (C=O) groups is 1. The highest BCUT2D eigenvalue weighted by Gasteiger charge is 2.26. The van der Waals surface area contributed by atoms with Crippen LogP contribution in [0, 0.1) is 5.82 Å². The molecule has 6 heteroatoms. The monoisotopic (exact) mass is 367 g/mol. The molecule has 1 aliphatic rings. The maximum atomic E-state index is 13.3. The second kappa shape index (κ2) is 6.96. The van der Waals surface area contributed by atoms with E-state index in [-0.39, 0.29) is 17.8 Å². The predicted octanol–water partition coefficient (Wildman–Crippen LogP) is 4.15. The highest BCUT2D eigenvalue weighted by molar-refractivity contribution is 7.98. The minimum atomic E-state index is -0.312. The largest absolute Gasteiger partial charge is 0.344 e. The van der Waals surface area contributed by atoms with E-state index in [9.17, 15) is 9.18 Å². The fourth-order valence-corrected chi connectivity index (χ4v) is 3.96. The van der Waals surface area contributed by atoms with E-state index in [1.165, 1.54) is 35.0 Å². The normalized spacial score (nSPS) is 15.7. The lowest BCUT2D eigenvalue weighted by Crippen LogP contribution is -2.29. The number of carbonyl (C=O) groups excluding carboxylic acids is 1. The van der Waals surface area contributed by atoms with Crippen LogP contribution in [-0.2, 0) is 6.42 Å². The third-order valence-electron chi connectivity index (χ3n) is 4.67. The van der Waals surface area contributed by atoms with Crippen molar-refractivity contribution in [1.29, 1.82) is 0 Å². The summed E-state index contributed by atoms with van der Waals surface area (Å²) >= 11 is 1.44. The van der Waals surface area contributed by atoms with Gasteiger partial charge in [-0.1, -0.05) is 36.0 Å². The number of amides is 1. The first-order valence-electron chi connectivity index (χ1n) is 8.43. The first kappa shape index (κ1) is 16.8. The lowest BCUT2D eigenvalue weighted by molar-refractivity contribution is 0.0929. The van der Waals surface area contributed by atoms with E-state index < -0.39 is 0 Å². The Labute approximate surface area is 155 Å². The number of imidazole rings is 1. The molecule has 132 valence electrons. The summed E-state index contributed by atoms with van der Waals surface area (Å²) < 4.78 is 15.0. The zero-order chi connectivity index (χ0) is 18.1. The van der Waals surface area contributed by atoms with Gasteiger partial charge in [0.15, 0.2) is 5.16 Å². The molecular formula is C20H18FN3OS. The molecule has 26 heavy (non-hydrogen) atoms. The zero-order valence-electron chi connectivity index (χ0n) is 14.3. The van der Waals surface area contributed by atoms with E-state index in [1.54, 1.807) is 22.9 Å². The molecule has 1 amide bonds. The minimum absolute atomic E-state index is 0.00740. The van der Waals surface area contributed by atoms with Crippen LogP contribution in [0.5, 0.6) is 0 Å². The van der Waals surface area contributed by atoms with Gasteiger partial charge in [-0.15, -0.1) is 0 Å². The van der Waals surface area contributed by atoms with Gasteiger partial charge >= 0.3 is 0 Å². The third kappa shape index (κ3) is 3.01. The van der Waals surface area contributed by atoms with Gasteiger partial charge in [-0.25, -0.2) is 9.37 Å². The number of thioether (sulfide) groups is 1. The van der Waals surface area contributed by atoms with Crippen LogP contribution in [0.25, 0.3) is 5.69 Å². The van der Waals surface area contributed by atoms with E-state index in [1.807, 2.05) is 18.4 Å². The van der Waals surface area contributed by atoms with Gasteiger partial charge in [-0.3, -0.25) is 9.36 Å². The first-order chi connectivity index (χ1) is 12.7. The number of halogens is 1. The van der Waals surface area contributed by atoms with Crippen molar-refractivity contribution >= 4 is 17.7 Å². The van der Waals surface area contributed by atoms with E-state index in [2.05, 4.69) is 22.4 Å². The van der Waals surface area contributed by atoms with E-state index in [4.69, 9.17) is 0 Å². The van der Waals surface area contributed by atoms with Crippen molar-refractivity contribution < 1.29 is 9.18 Å². The van der Waals surface area contributed by atoms with Gasteiger partial charge in [-0.05, 0) is 54.5 Å². The summed E-state index contributed by atoms with van der Waals surface area (Å²) in [5, 5.41) is 3.82. The Morgan fingerprint density at radius 2 is 2.00 bits per heavy atom. The number of rotatable bonds is 4. The Morgan fingerprint density at radius 3 is 2.77 bits per heavy atom. The zero-order valence-corrected chi connectivity index (χ0v) is 15.1. The number of hydrogen-bond acceptors (Lipinski definition) is 3. The standard InChI is InChI=1S/C20H18FN3OS/c1-26-20-22-12-18(24(20)15-9-7-14(21)8-10-15)19(25)23-17-11-6-13-4-2-3-5-16(13)17/h2-5,7-10,12,17H,6,11H2,1H3,(H,23,25). The number of nitrogens with one attached hydrogen (secondary N) is 1. The molecule has 1 aliphatic carbocycles. The molecular weight excluding hydrogens is 349 g/mol. The van der Waals surface area contributed by atoms with Gasteiger partial charge in [0.25, 0.3) is 5.91 Å². The van der Waals surface area contributed by atoms with Crippen molar-refractivity contribution in [3.63, 3.8) is 0 Å². The van der Waals surface area contributed by atoms with Crippen molar-refractivity contribution in [2.24, 2.45) is 0 Å². The lowest BCUT2D eigenvalue weighted by Gasteiger charge is -2.16. The predicted molar refractivity (Wildman–Crippen MR) is 100 cm³/mol. The molecule has 4 rings (SSSR count). The van der Waals surface area contributed by atoms with E-state index in [0.717, 1.165) is 12.8 Å². The number of aryl methyl sites for hydroxylation is 1. The van der Waals surface area contributed by atoms with Crippen LogP contribution in [0.1, 0.15) is 34.1 Å². The smallest absolute Gasteiger partial charge is 0.270 e. The van der Waals surface area contributed by atoms with Crippen LogP contribution in [0.15, 0.2) is 59.9 Å². The van der Waals surface area contributed by atoms with Crippen LogP contribution in [0.4, 0.5) is 4.39 Å². The molecule has 0 bridgehead atoms. The molecule has 0 aliphatic heterocycles. The van der Waals surface area contributed by atoms with Gasteiger partial charge < -0.3 is 5.32 Å².